The minimum absolute atomic E-state index is 0.207. The maximum absolute atomic E-state index is 5.82. The zero-order valence-electron chi connectivity index (χ0n) is 10.5. The van der Waals surface area contributed by atoms with Gasteiger partial charge in [0.05, 0.1) is 5.54 Å². The first kappa shape index (κ1) is 11.9. The zero-order chi connectivity index (χ0) is 12.5. The smallest absolute Gasteiger partial charge is 0.296 e. The van der Waals surface area contributed by atoms with Crippen LogP contribution < -0.4 is 11.1 Å². The van der Waals surface area contributed by atoms with E-state index in [0.29, 0.717) is 18.5 Å². The first-order valence-corrected chi connectivity index (χ1v) is 5.89. The minimum Gasteiger partial charge on any atom is -0.424 e. The van der Waals surface area contributed by atoms with E-state index in [1.165, 1.54) is 0 Å². The van der Waals surface area contributed by atoms with Gasteiger partial charge in [0.1, 0.15) is 5.52 Å². The molecule has 1 aromatic heterocycles. The third-order valence-electron chi connectivity index (χ3n) is 3.38. The quantitative estimate of drug-likeness (QED) is 0.852. The van der Waals surface area contributed by atoms with E-state index in [-0.39, 0.29) is 5.54 Å². The average molecular weight is 233 g/mol. The predicted molar refractivity (Wildman–Crippen MR) is 69.9 cm³/mol. The number of aromatic nitrogens is 1. The molecule has 2 rings (SSSR count). The second-order valence-corrected chi connectivity index (χ2v) is 4.89. The van der Waals surface area contributed by atoms with Crippen LogP contribution in [0.1, 0.15) is 20.8 Å². The number of para-hydroxylation sites is 2. The van der Waals surface area contributed by atoms with E-state index in [4.69, 9.17) is 10.2 Å². The molecule has 1 atom stereocenters. The number of hydrogen-bond donors (Lipinski definition) is 2. The van der Waals surface area contributed by atoms with Crippen molar-refractivity contribution in [3.05, 3.63) is 24.3 Å². The van der Waals surface area contributed by atoms with E-state index in [0.717, 1.165) is 11.1 Å². The van der Waals surface area contributed by atoms with Crippen molar-refractivity contribution < 1.29 is 4.42 Å². The summed E-state index contributed by atoms with van der Waals surface area (Å²) in [7, 11) is 0. The summed E-state index contributed by atoms with van der Waals surface area (Å²) in [5, 5.41) is 3.29. The first-order chi connectivity index (χ1) is 8.05. The Kier molecular flexibility index (Phi) is 3.07. The highest BCUT2D eigenvalue weighted by Gasteiger charge is 2.28. The lowest BCUT2D eigenvalue weighted by molar-refractivity contribution is 0.371. The van der Waals surface area contributed by atoms with Crippen molar-refractivity contribution in [2.24, 2.45) is 11.7 Å². The molecule has 0 fully saturated rings. The lowest BCUT2D eigenvalue weighted by Gasteiger charge is -2.32. The third kappa shape index (κ3) is 2.26. The first-order valence-electron chi connectivity index (χ1n) is 5.89. The molecule has 4 nitrogen and oxygen atoms in total. The molecule has 0 bridgehead atoms. The standard InChI is InChI=1S/C13H19N3O/c1-9(2)13(3,8-14)16-12-15-10-6-4-5-7-11(10)17-12/h4-7,9H,8,14H2,1-3H3,(H,15,16). The molecular weight excluding hydrogens is 214 g/mol. The molecule has 4 heteroatoms. The van der Waals surface area contributed by atoms with Crippen LogP contribution in [0.15, 0.2) is 28.7 Å². The van der Waals surface area contributed by atoms with Gasteiger partial charge in [0, 0.05) is 6.54 Å². The van der Waals surface area contributed by atoms with Crippen LogP contribution >= 0.6 is 0 Å². The molecular formula is C13H19N3O. The largest absolute Gasteiger partial charge is 0.424 e. The second kappa shape index (κ2) is 4.37. The highest BCUT2D eigenvalue weighted by atomic mass is 16.4. The van der Waals surface area contributed by atoms with E-state index in [1.54, 1.807) is 0 Å². The van der Waals surface area contributed by atoms with Gasteiger partial charge >= 0.3 is 0 Å². The summed E-state index contributed by atoms with van der Waals surface area (Å²) in [6.45, 7) is 6.86. The molecule has 1 aromatic carbocycles. The normalized spacial score (nSPS) is 15.1. The van der Waals surface area contributed by atoms with Crippen LogP contribution in [0.25, 0.3) is 11.1 Å². The molecule has 0 saturated carbocycles. The van der Waals surface area contributed by atoms with Crippen LogP contribution in [0.2, 0.25) is 0 Å². The van der Waals surface area contributed by atoms with Gasteiger partial charge < -0.3 is 15.5 Å². The van der Waals surface area contributed by atoms with Crippen molar-refractivity contribution in [1.82, 2.24) is 4.98 Å². The van der Waals surface area contributed by atoms with Crippen molar-refractivity contribution >= 4 is 17.1 Å². The Hall–Kier alpha value is -1.55. The predicted octanol–water partition coefficient (Wildman–Crippen LogP) is 2.61. The number of fused-ring (bicyclic) bond motifs is 1. The SMILES string of the molecule is CC(C)C(C)(CN)Nc1nc2ccccc2o1. The molecule has 17 heavy (non-hydrogen) atoms. The number of anilines is 1. The van der Waals surface area contributed by atoms with Crippen LogP contribution in [0.5, 0.6) is 0 Å². The molecule has 0 radical (unpaired) electrons. The van der Waals surface area contributed by atoms with Crippen molar-refractivity contribution in [3.8, 4) is 0 Å². The molecule has 3 N–H and O–H groups in total. The van der Waals surface area contributed by atoms with Gasteiger partial charge in [-0.15, -0.1) is 0 Å². The van der Waals surface area contributed by atoms with E-state index in [2.05, 4.69) is 31.1 Å². The summed E-state index contributed by atoms with van der Waals surface area (Å²) in [6.07, 6.45) is 0. The topological polar surface area (TPSA) is 64.1 Å². The summed E-state index contributed by atoms with van der Waals surface area (Å²) in [5.74, 6) is 0.391. The molecule has 0 aliphatic carbocycles. The third-order valence-corrected chi connectivity index (χ3v) is 3.38. The van der Waals surface area contributed by atoms with E-state index in [1.807, 2.05) is 24.3 Å². The minimum atomic E-state index is -0.207. The fraction of sp³-hybridized carbons (Fsp3) is 0.462. The monoisotopic (exact) mass is 233 g/mol. The molecule has 0 amide bonds. The highest BCUT2D eigenvalue weighted by Crippen LogP contribution is 2.24. The number of hydrogen-bond acceptors (Lipinski definition) is 4. The van der Waals surface area contributed by atoms with E-state index < -0.39 is 0 Å². The molecule has 0 saturated heterocycles. The lowest BCUT2D eigenvalue weighted by atomic mass is 9.89. The Bertz CT molecular complexity index is 473. The number of nitrogens with zero attached hydrogens (tertiary/aromatic N) is 1. The van der Waals surface area contributed by atoms with E-state index >= 15 is 0 Å². The molecule has 92 valence electrons. The summed E-state index contributed by atoms with van der Waals surface area (Å²) < 4.78 is 5.64. The Morgan fingerprint density at radius 1 is 1.41 bits per heavy atom. The molecule has 0 spiro atoms. The maximum Gasteiger partial charge on any atom is 0.296 e. The summed E-state index contributed by atoms with van der Waals surface area (Å²) in [5.41, 5.74) is 7.26. The summed E-state index contributed by atoms with van der Waals surface area (Å²) >= 11 is 0. The summed E-state index contributed by atoms with van der Waals surface area (Å²) in [6, 6.07) is 8.25. The van der Waals surface area contributed by atoms with Gasteiger partial charge in [-0.3, -0.25) is 0 Å². The Labute approximate surface area is 101 Å². The van der Waals surface area contributed by atoms with Gasteiger partial charge in [0.25, 0.3) is 6.01 Å². The fourth-order valence-corrected chi connectivity index (χ4v) is 1.60. The second-order valence-electron chi connectivity index (χ2n) is 4.89. The molecule has 0 aliphatic heterocycles. The van der Waals surface area contributed by atoms with Crippen LogP contribution in [0.3, 0.4) is 0 Å². The molecule has 1 unspecified atom stereocenters. The van der Waals surface area contributed by atoms with Crippen LogP contribution in [0.4, 0.5) is 6.01 Å². The Morgan fingerprint density at radius 3 is 2.71 bits per heavy atom. The van der Waals surface area contributed by atoms with Crippen molar-refractivity contribution in [2.45, 2.75) is 26.3 Å². The molecule has 0 aliphatic rings. The van der Waals surface area contributed by atoms with Crippen molar-refractivity contribution in [2.75, 3.05) is 11.9 Å². The van der Waals surface area contributed by atoms with Gasteiger partial charge in [0.15, 0.2) is 5.58 Å². The number of oxazole rings is 1. The molecule has 2 aromatic rings. The van der Waals surface area contributed by atoms with Gasteiger partial charge in [-0.25, -0.2) is 0 Å². The fourth-order valence-electron chi connectivity index (χ4n) is 1.60. The van der Waals surface area contributed by atoms with Crippen molar-refractivity contribution in [1.29, 1.82) is 0 Å². The van der Waals surface area contributed by atoms with Crippen molar-refractivity contribution in [3.63, 3.8) is 0 Å². The van der Waals surface area contributed by atoms with Crippen LogP contribution in [0, 0.1) is 5.92 Å². The lowest BCUT2D eigenvalue weighted by Crippen LogP contribution is -2.47. The van der Waals surface area contributed by atoms with Gasteiger partial charge in [-0.2, -0.15) is 4.98 Å². The Morgan fingerprint density at radius 2 is 2.12 bits per heavy atom. The zero-order valence-corrected chi connectivity index (χ0v) is 10.5. The number of benzene rings is 1. The maximum atomic E-state index is 5.82. The summed E-state index contributed by atoms with van der Waals surface area (Å²) in [4.78, 5) is 4.39. The van der Waals surface area contributed by atoms with Gasteiger partial charge in [-0.1, -0.05) is 26.0 Å². The number of nitrogens with two attached hydrogens (primary N) is 1. The van der Waals surface area contributed by atoms with Gasteiger partial charge in [-0.05, 0) is 25.0 Å². The van der Waals surface area contributed by atoms with Gasteiger partial charge in [0.2, 0.25) is 0 Å². The highest BCUT2D eigenvalue weighted by molar-refractivity contribution is 5.74. The molecule has 1 heterocycles. The van der Waals surface area contributed by atoms with Crippen LogP contribution in [-0.4, -0.2) is 17.1 Å². The Balaban J connectivity index is 2.29. The van der Waals surface area contributed by atoms with E-state index in [9.17, 15) is 0 Å². The van der Waals surface area contributed by atoms with Crippen LogP contribution in [-0.2, 0) is 0 Å². The average Bonchev–Trinajstić information content (AvgIpc) is 2.70. The number of nitrogens with one attached hydrogen (secondary N) is 1. The number of rotatable bonds is 4.